The first-order chi connectivity index (χ1) is 17.1. The standard InChI is InChI=1S/C29H30N4O2/c1-3-18-33(29(34)30-22-10-13-24(35-2)14-11-22)23-12-16-26-21(19-23)9-17-28(31-26)32-27-15-8-20-6-4-5-7-25(20)27/h4-7,9-14,16-17,19,27H,3,8,15,18H2,1-2H3,(H,30,34)(H,31,32)/t27-/m1/s1. The van der Waals surface area contributed by atoms with E-state index in [-0.39, 0.29) is 12.1 Å². The van der Waals surface area contributed by atoms with Gasteiger partial charge < -0.3 is 15.4 Å². The summed E-state index contributed by atoms with van der Waals surface area (Å²) in [6, 6.07) is 26.1. The molecule has 35 heavy (non-hydrogen) atoms. The lowest BCUT2D eigenvalue weighted by Gasteiger charge is -2.23. The summed E-state index contributed by atoms with van der Waals surface area (Å²) in [5.74, 6) is 1.62. The van der Waals surface area contributed by atoms with Crippen molar-refractivity contribution in [3.8, 4) is 5.75 Å². The van der Waals surface area contributed by atoms with E-state index in [1.54, 1.807) is 12.0 Å². The molecular formula is C29H30N4O2. The summed E-state index contributed by atoms with van der Waals surface area (Å²) in [5, 5.41) is 7.59. The number of pyridine rings is 1. The number of fused-ring (bicyclic) bond motifs is 2. The number of hydrogen-bond donors (Lipinski definition) is 2. The van der Waals surface area contributed by atoms with E-state index in [0.717, 1.165) is 53.1 Å². The average Bonchev–Trinajstić information content (AvgIpc) is 3.30. The number of benzene rings is 3. The smallest absolute Gasteiger partial charge is 0.326 e. The van der Waals surface area contributed by atoms with Gasteiger partial charge in [0.1, 0.15) is 11.6 Å². The Morgan fingerprint density at radius 2 is 1.89 bits per heavy atom. The molecule has 178 valence electrons. The lowest BCUT2D eigenvalue weighted by Crippen LogP contribution is -2.35. The molecule has 2 amide bonds. The van der Waals surface area contributed by atoms with Crippen LogP contribution in [0.4, 0.5) is 22.0 Å². The van der Waals surface area contributed by atoms with Crippen LogP contribution in [-0.2, 0) is 6.42 Å². The molecule has 0 saturated carbocycles. The Morgan fingerprint density at radius 3 is 2.69 bits per heavy atom. The van der Waals surface area contributed by atoms with Gasteiger partial charge >= 0.3 is 6.03 Å². The number of carbonyl (C=O) groups excluding carboxylic acids is 1. The number of hydrogen-bond acceptors (Lipinski definition) is 4. The van der Waals surface area contributed by atoms with E-state index < -0.39 is 0 Å². The van der Waals surface area contributed by atoms with Gasteiger partial charge in [-0.2, -0.15) is 0 Å². The number of urea groups is 1. The number of ether oxygens (including phenoxy) is 1. The third kappa shape index (κ3) is 4.92. The number of aromatic nitrogens is 1. The summed E-state index contributed by atoms with van der Waals surface area (Å²) in [4.78, 5) is 19.7. The van der Waals surface area contributed by atoms with Crippen molar-refractivity contribution in [2.45, 2.75) is 32.2 Å². The zero-order valence-corrected chi connectivity index (χ0v) is 20.1. The molecule has 0 fully saturated rings. The molecule has 0 spiro atoms. The van der Waals surface area contributed by atoms with Crippen molar-refractivity contribution in [3.63, 3.8) is 0 Å². The van der Waals surface area contributed by atoms with Crippen LogP contribution in [0.2, 0.25) is 0 Å². The molecule has 2 N–H and O–H groups in total. The van der Waals surface area contributed by atoms with Crippen molar-refractivity contribution >= 4 is 34.1 Å². The van der Waals surface area contributed by atoms with Gasteiger partial charge in [-0.25, -0.2) is 9.78 Å². The number of amides is 2. The quantitative estimate of drug-likeness (QED) is 0.315. The Labute approximate surface area is 205 Å². The molecule has 3 aromatic carbocycles. The molecule has 6 heteroatoms. The molecule has 0 aliphatic heterocycles. The number of rotatable bonds is 7. The number of nitrogens with zero attached hydrogens (tertiary/aromatic N) is 2. The molecule has 1 aliphatic rings. The van der Waals surface area contributed by atoms with Crippen LogP contribution in [0.5, 0.6) is 5.75 Å². The fourth-order valence-corrected chi connectivity index (χ4v) is 4.68. The highest BCUT2D eigenvalue weighted by Gasteiger charge is 2.22. The number of nitrogens with one attached hydrogen (secondary N) is 2. The minimum absolute atomic E-state index is 0.164. The topological polar surface area (TPSA) is 66.5 Å². The fraction of sp³-hybridized carbons (Fsp3) is 0.241. The van der Waals surface area contributed by atoms with Gasteiger partial charge in [0.15, 0.2) is 0 Å². The third-order valence-electron chi connectivity index (χ3n) is 6.47. The third-order valence-corrected chi connectivity index (χ3v) is 6.47. The predicted octanol–water partition coefficient (Wildman–Crippen LogP) is 6.79. The molecule has 0 saturated heterocycles. The molecule has 1 heterocycles. The van der Waals surface area contributed by atoms with Crippen LogP contribution in [0.3, 0.4) is 0 Å². The zero-order valence-electron chi connectivity index (χ0n) is 20.1. The molecule has 5 rings (SSSR count). The van der Waals surface area contributed by atoms with E-state index in [4.69, 9.17) is 9.72 Å². The van der Waals surface area contributed by atoms with Crippen LogP contribution in [0.25, 0.3) is 10.9 Å². The second-order valence-electron chi connectivity index (χ2n) is 8.82. The molecule has 6 nitrogen and oxygen atoms in total. The fourth-order valence-electron chi connectivity index (χ4n) is 4.68. The lowest BCUT2D eigenvalue weighted by molar-refractivity contribution is 0.257. The maximum atomic E-state index is 13.1. The number of aryl methyl sites for hydroxylation is 1. The van der Waals surface area contributed by atoms with E-state index in [1.165, 1.54) is 11.1 Å². The van der Waals surface area contributed by atoms with Crippen molar-refractivity contribution < 1.29 is 9.53 Å². The van der Waals surface area contributed by atoms with E-state index >= 15 is 0 Å². The van der Waals surface area contributed by atoms with Crippen molar-refractivity contribution in [1.29, 1.82) is 0 Å². The first kappa shape index (κ1) is 22.7. The lowest BCUT2D eigenvalue weighted by atomic mass is 10.1. The number of carbonyl (C=O) groups is 1. The maximum absolute atomic E-state index is 13.1. The molecule has 4 aromatic rings. The molecular weight excluding hydrogens is 436 g/mol. The van der Waals surface area contributed by atoms with Crippen molar-refractivity contribution in [1.82, 2.24) is 4.98 Å². The van der Waals surface area contributed by atoms with E-state index in [9.17, 15) is 4.79 Å². The normalized spacial score (nSPS) is 14.4. The molecule has 1 aliphatic carbocycles. The Balaban J connectivity index is 1.34. The minimum atomic E-state index is -0.164. The first-order valence-corrected chi connectivity index (χ1v) is 12.1. The van der Waals surface area contributed by atoms with Crippen LogP contribution in [0.1, 0.15) is 36.9 Å². The highest BCUT2D eigenvalue weighted by atomic mass is 16.5. The van der Waals surface area contributed by atoms with Gasteiger partial charge in [-0.15, -0.1) is 0 Å². The van der Waals surface area contributed by atoms with Gasteiger partial charge in [-0.05, 0) is 85.0 Å². The van der Waals surface area contributed by atoms with Crippen molar-refractivity contribution in [3.05, 3.63) is 90.0 Å². The monoisotopic (exact) mass is 466 g/mol. The Hall–Kier alpha value is -4.06. The van der Waals surface area contributed by atoms with Crippen molar-refractivity contribution in [2.24, 2.45) is 0 Å². The van der Waals surface area contributed by atoms with Crippen LogP contribution in [0.15, 0.2) is 78.9 Å². The summed E-state index contributed by atoms with van der Waals surface area (Å²) in [5.41, 5.74) is 5.25. The summed E-state index contributed by atoms with van der Waals surface area (Å²) >= 11 is 0. The predicted molar refractivity (Wildman–Crippen MR) is 143 cm³/mol. The summed E-state index contributed by atoms with van der Waals surface area (Å²) < 4.78 is 5.20. The molecule has 0 unspecified atom stereocenters. The van der Waals surface area contributed by atoms with Crippen LogP contribution in [0, 0.1) is 0 Å². The van der Waals surface area contributed by atoms with Gasteiger partial charge in [-0.1, -0.05) is 31.2 Å². The first-order valence-electron chi connectivity index (χ1n) is 12.1. The van der Waals surface area contributed by atoms with Gasteiger partial charge in [0, 0.05) is 23.3 Å². The van der Waals surface area contributed by atoms with Gasteiger partial charge in [0.2, 0.25) is 0 Å². The molecule has 1 aromatic heterocycles. The van der Waals surface area contributed by atoms with E-state index in [0.29, 0.717) is 6.54 Å². The SMILES string of the molecule is CCCN(C(=O)Nc1ccc(OC)cc1)c1ccc2nc(N[C@@H]3CCc4ccccc43)ccc2c1. The Morgan fingerprint density at radius 1 is 1.06 bits per heavy atom. The van der Waals surface area contributed by atoms with E-state index in [1.807, 2.05) is 48.5 Å². The minimum Gasteiger partial charge on any atom is -0.497 e. The Bertz CT molecular complexity index is 1340. The zero-order chi connectivity index (χ0) is 24.2. The molecule has 1 atom stereocenters. The molecule has 0 bridgehead atoms. The van der Waals surface area contributed by atoms with Gasteiger partial charge in [0.05, 0.1) is 18.7 Å². The van der Waals surface area contributed by atoms with Crippen LogP contribution >= 0.6 is 0 Å². The summed E-state index contributed by atoms with van der Waals surface area (Å²) in [7, 11) is 1.62. The highest BCUT2D eigenvalue weighted by Crippen LogP contribution is 2.34. The summed E-state index contributed by atoms with van der Waals surface area (Å²) in [6.07, 6.45) is 3.02. The van der Waals surface area contributed by atoms with E-state index in [2.05, 4.69) is 47.9 Å². The second kappa shape index (κ2) is 10.1. The number of anilines is 3. The average molecular weight is 467 g/mol. The van der Waals surface area contributed by atoms with Gasteiger partial charge in [0.25, 0.3) is 0 Å². The van der Waals surface area contributed by atoms with Crippen LogP contribution in [-0.4, -0.2) is 24.7 Å². The highest BCUT2D eigenvalue weighted by molar-refractivity contribution is 6.03. The summed E-state index contributed by atoms with van der Waals surface area (Å²) in [6.45, 7) is 2.68. The van der Waals surface area contributed by atoms with Crippen LogP contribution < -0.4 is 20.3 Å². The van der Waals surface area contributed by atoms with Gasteiger partial charge in [-0.3, -0.25) is 4.90 Å². The molecule has 0 radical (unpaired) electrons. The largest absolute Gasteiger partial charge is 0.497 e. The van der Waals surface area contributed by atoms with Crippen molar-refractivity contribution in [2.75, 3.05) is 29.2 Å². The Kier molecular flexibility index (Phi) is 6.53. The number of methoxy groups -OCH3 is 1. The second-order valence-corrected chi connectivity index (χ2v) is 8.82. The maximum Gasteiger partial charge on any atom is 0.326 e.